The molecular formula is C11H18O2. The van der Waals surface area contributed by atoms with Crippen LogP contribution in [0.5, 0.6) is 0 Å². The molecule has 1 atom stereocenters. The molecule has 0 amide bonds. The van der Waals surface area contributed by atoms with Crippen molar-refractivity contribution in [1.29, 1.82) is 0 Å². The third-order valence-electron chi connectivity index (χ3n) is 1.77. The van der Waals surface area contributed by atoms with Crippen molar-refractivity contribution >= 4 is 6.47 Å². The van der Waals surface area contributed by atoms with Gasteiger partial charge in [-0.2, -0.15) is 0 Å². The van der Waals surface area contributed by atoms with Crippen molar-refractivity contribution in [3.05, 3.63) is 23.3 Å². The minimum absolute atomic E-state index is 0.112. The highest BCUT2D eigenvalue weighted by Crippen LogP contribution is 2.10. The van der Waals surface area contributed by atoms with Crippen LogP contribution in [0.15, 0.2) is 23.3 Å². The summed E-state index contributed by atoms with van der Waals surface area (Å²) in [5.74, 6) is 0. The number of rotatable bonds is 5. The summed E-state index contributed by atoms with van der Waals surface area (Å²) in [5, 5.41) is 0. The van der Waals surface area contributed by atoms with Gasteiger partial charge in [0.05, 0.1) is 0 Å². The molecule has 0 fully saturated rings. The van der Waals surface area contributed by atoms with E-state index in [1.165, 1.54) is 5.57 Å². The van der Waals surface area contributed by atoms with Gasteiger partial charge in [-0.05, 0) is 33.8 Å². The Morgan fingerprint density at radius 3 is 2.38 bits per heavy atom. The lowest BCUT2D eigenvalue weighted by Gasteiger charge is -2.11. The number of hydrogen-bond donors (Lipinski definition) is 0. The largest absolute Gasteiger partial charge is 0.460 e. The monoisotopic (exact) mass is 182 g/mol. The Hall–Kier alpha value is -1.05. The number of hydrogen-bond acceptors (Lipinski definition) is 2. The lowest BCUT2D eigenvalue weighted by atomic mass is 10.1. The van der Waals surface area contributed by atoms with Gasteiger partial charge in [0.25, 0.3) is 6.47 Å². The molecule has 2 nitrogen and oxygen atoms in total. The fourth-order valence-electron chi connectivity index (χ4n) is 1.02. The summed E-state index contributed by atoms with van der Waals surface area (Å²) in [6.07, 6.45) is 4.65. The van der Waals surface area contributed by atoms with Gasteiger partial charge < -0.3 is 4.74 Å². The smallest absolute Gasteiger partial charge is 0.293 e. The van der Waals surface area contributed by atoms with E-state index < -0.39 is 0 Å². The molecule has 74 valence electrons. The Morgan fingerprint density at radius 1 is 1.38 bits per heavy atom. The first-order valence-corrected chi connectivity index (χ1v) is 4.46. The second kappa shape index (κ2) is 6.46. The Morgan fingerprint density at radius 2 is 2.00 bits per heavy atom. The number of ether oxygens (including phenoxy) is 1. The molecule has 13 heavy (non-hydrogen) atoms. The Bertz CT molecular complexity index is 210. The molecule has 2 heteroatoms. The standard InChI is InChI=1S/C11H18O2/c1-5-10(4)7-11(13-8-12)6-9(2)3/h5-6,8,11H,7H2,1-4H3. The van der Waals surface area contributed by atoms with Crippen LogP contribution in [-0.4, -0.2) is 12.6 Å². The van der Waals surface area contributed by atoms with Gasteiger partial charge in [-0.1, -0.05) is 17.2 Å². The van der Waals surface area contributed by atoms with Gasteiger partial charge in [-0.3, -0.25) is 4.79 Å². The van der Waals surface area contributed by atoms with Crippen LogP contribution in [0.25, 0.3) is 0 Å². The first kappa shape index (κ1) is 11.9. The van der Waals surface area contributed by atoms with Crippen LogP contribution in [0, 0.1) is 0 Å². The van der Waals surface area contributed by atoms with E-state index in [1.807, 2.05) is 39.8 Å². The molecule has 0 aromatic heterocycles. The molecule has 0 aliphatic carbocycles. The van der Waals surface area contributed by atoms with E-state index in [0.29, 0.717) is 6.47 Å². The summed E-state index contributed by atoms with van der Waals surface area (Å²) in [6, 6.07) is 0. The normalized spacial score (nSPS) is 13.4. The average molecular weight is 182 g/mol. The maximum atomic E-state index is 10.2. The van der Waals surface area contributed by atoms with Crippen LogP contribution >= 0.6 is 0 Å². The van der Waals surface area contributed by atoms with Crippen LogP contribution in [0.4, 0.5) is 0 Å². The molecule has 0 saturated heterocycles. The van der Waals surface area contributed by atoms with Crippen LogP contribution in [0.2, 0.25) is 0 Å². The molecule has 0 rings (SSSR count). The summed E-state index contributed by atoms with van der Waals surface area (Å²) in [5.41, 5.74) is 2.39. The Balaban J connectivity index is 4.25. The van der Waals surface area contributed by atoms with Crippen molar-refractivity contribution in [2.45, 2.75) is 40.2 Å². The van der Waals surface area contributed by atoms with Crippen molar-refractivity contribution in [3.8, 4) is 0 Å². The highest BCUT2D eigenvalue weighted by Gasteiger charge is 2.05. The van der Waals surface area contributed by atoms with Crippen molar-refractivity contribution in [3.63, 3.8) is 0 Å². The third-order valence-corrected chi connectivity index (χ3v) is 1.77. The zero-order chi connectivity index (χ0) is 10.3. The van der Waals surface area contributed by atoms with Gasteiger partial charge in [-0.25, -0.2) is 0 Å². The zero-order valence-electron chi connectivity index (χ0n) is 8.83. The zero-order valence-corrected chi connectivity index (χ0v) is 8.83. The van der Waals surface area contributed by atoms with Crippen molar-refractivity contribution in [2.24, 2.45) is 0 Å². The SMILES string of the molecule is CC=C(C)CC(C=C(C)C)OC=O. The fourth-order valence-corrected chi connectivity index (χ4v) is 1.02. The van der Waals surface area contributed by atoms with Crippen molar-refractivity contribution in [1.82, 2.24) is 0 Å². The highest BCUT2D eigenvalue weighted by molar-refractivity contribution is 5.38. The summed E-state index contributed by atoms with van der Waals surface area (Å²) in [4.78, 5) is 10.2. The van der Waals surface area contributed by atoms with Crippen LogP contribution < -0.4 is 0 Å². The maximum Gasteiger partial charge on any atom is 0.293 e. The molecular weight excluding hydrogens is 164 g/mol. The van der Waals surface area contributed by atoms with E-state index >= 15 is 0 Å². The van der Waals surface area contributed by atoms with Crippen molar-refractivity contribution < 1.29 is 9.53 Å². The lowest BCUT2D eigenvalue weighted by Crippen LogP contribution is -2.09. The van der Waals surface area contributed by atoms with Gasteiger partial charge in [0.1, 0.15) is 6.10 Å². The van der Waals surface area contributed by atoms with E-state index in [4.69, 9.17) is 4.74 Å². The minimum atomic E-state index is -0.112. The predicted octanol–water partition coefficient (Wildman–Crippen LogP) is 2.85. The van der Waals surface area contributed by atoms with Gasteiger partial charge >= 0.3 is 0 Å². The van der Waals surface area contributed by atoms with Crippen LogP contribution in [-0.2, 0) is 9.53 Å². The van der Waals surface area contributed by atoms with E-state index in [0.717, 1.165) is 12.0 Å². The molecule has 0 saturated carbocycles. The van der Waals surface area contributed by atoms with E-state index in [1.54, 1.807) is 0 Å². The summed E-state index contributed by atoms with van der Waals surface area (Å²) < 4.78 is 4.93. The maximum absolute atomic E-state index is 10.2. The third kappa shape index (κ3) is 6.14. The number of carbonyl (C=O) groups is 1. The molecule has 0 radical (unpaired) electrons. The minimum Gasteiger partial charge on any atom is -0.460 e. The van der Waals surface area contributed by atoms with Crippen LogP contribution in [0.3, 0.4) is 0 Å². The van der Waals surface area contributed by atoms with Crippen LogP contribution in [0.1, 0.15) is 34.1 Å². The number of carbonyl (C=O) groups excluding carboxylic acids is 1. The number of allylic oxidation sites excluding steroid dienone is 2. The molecule has 0 N–H and O–H groups in total. The van der Waals surface area contributed by atoms with E-state index in [2.05, 4.69) is 0 Å². The van der Waals surface area contributed by atoms with Gasteiger partial charge in [0.2, 0.25) is 0 Å². The summed E-state index contributed by atoms with van der Waals surface area (Å²) in [7, 11) is 0. The first-order valence-electron chi connectivity index (χ1n) is 4.46. The van der Waals surface area contributed by atoms with E-state index in [-0.39, 0.29) is 6.10 Å². The molecule has 0 bridgehead atoms. The average Bonchev–Trinajstić information content (AvgIpc) is 2.03. The molecule has 0 aromatic rings. The molecule has 0 heterocycles. The topological polar surface area (TPSA) is 26.3 Å². The van der Waals surface area contributed by atoms with Crippen molar-refractivity contribution in [2.75, 3.05) is 0 Å². The fraction of sp³-hybridized carbons (Fsp3) is 0.545. The molecule has 0 aliphatic rings. The van der Waals surface area contributed by atoms with Gasteiger partial charge in [-0.15, -0.1) is 0 Å². The van der Waals surface area contributed by atoms with E-state index in [9.17, 15) is 4.79 Å². The molecule has 0 aliphatic heterocycles. The quantitative estimate of drug-likeness (QED) is 0.482. The Kier molecular flexibility index (Phi) is 5.94. The second-order valence-electron chi connectivity index (χ2n) is 3.35. The Labute approximate surface area is 80.3 Å². The lowest BCUT2D eigenvalue weighted by molar-refractivity contribution is -0.131. The molecule has 0 spiro atoms. The first-order chi connectivity index (χ1) is 6.10. The highest BCUT2D eigenvalue weighted by atomic mass is 16.5. The summed E-state index contributed by atoms with van der Waals surface area (Å²) >= 11 is 0. The molecule has 1 unspecified atom stereocenters. The predicted molar refractivity (Wildman–Crippen MR) is 54.4 cm³/mol. The second-order valence-corrected chi connectivity index (χ2v) is 3.35. The van der Waals surface area contributed by atoms with Gasteiger partial charge in [0.15, 0.2) is 0 Å². The molecule has 0 aromatic carbocycles. The summed E-state index contributed by atoms with van der Waals surface area (Å²) in [6.45, 7) is 8.50. The van der Waals surface area contributed by atoms with Gasteiger partial charge in [0, 0.05) is 6.42 Å².